The van der Waals surface area contributed by atoms with Gasteiger partial charge in [0.1, 0.15) is 5.02 Å². The number of halogens is 1. The first-order chi connectivity index (χ1) is 16.6. The van der Waals surface area contributed by atoms with Crippen LogP contribution < -0.4 is 0 Å². The van der Waals surface area contributed by atoms with Crippen LogP contribution >= 0.6 is 11.6 Å². The molecule has 0 aliphatic rings. The number of aromatic amines is 1. The molecule has 194 valence electrons. The molecule has 0 bridgehead atoms. The van der Waals surface area contributed by atoms with Gasteiger partial charge in [-0.2, -0.15) is 4.63 Å². The molecule has 8 heteroatoms. The molecule has 3 aromatic rings. The van der Waals surface area contributed by atoms with Crippen LogP contribution in [0.3, 0.4) is 0 Å². The van der Waals surface area contributed by atoms with Crippen molar-refractivity contribution in [1.82, 2.24) is 19.8 Å². The fourth-order valence-corrected chi connectivity index (χ4v) is 6.24. The first kappa shape index (κ1) is 27.7. The summed E-state index contributed by atoms with van der Waals surface area (Å²) in [5.41, 5.74) is 2.96. The second-order valence-electron chi connectivity index (χ2n) is 10.7. The zero-order valence-corrected chi connectivity index (χ0v) is 23.3. The molecule has 1 N–H and O–H groups in total. The summed E-state index contributed by atoms with van der Waals surface area (Å²) in [6.45, 7) is 8.47. The molecule has 0 spiro atoms. The van der Waals surface area contributed by atoms with Crippen LogP contribution in [0, 0.1) is 0 Å². The summed E-state index contributed by atoms with van der Waals surface area (Å²) in [7, 11) is -3.11. The Balaban J connectivity index is 1.46. The van der Waals surface area contributed by atoms with Crippen LogP contribution in [0.5, 0.6) is 0 Å². The smallest absolute Gasteiger partial charge is 0.194 e. The summed E-state index contributed by atoms with van der Waals surface area (Å²) < 4.78 is 26.8. The van der Waals surface area contributed by atoms with Gasteiger partial charge in [0, 0.05) is 11.0 Å². The van der Waals surface area contributed by atoms with Crippen LogP contribution in [-0.4, -0.2) is 34.0 Å². The van der Waals surface area contributed by atoms with Gasteiger partial charge in [-0.15, -0.1) is 5.10 Å². The summed E-state index contributed by atoms with van der Waals surface area (Å²) >= 11 is 6.52. The zero-order valence-electron chi connectivity index (χ0n) is 21.7. The van der Waals surface area contributed by atoms with E-state index in [9.17, 15) is 8.42 Å². The van der Waals surface area contributed by atoms with Crippen molar-refractivity contribution in [1.29, 1.82) is 0 Å². The molecule has 2 heterocycles. The number of fused-ring (bicyclic) bond motifs is 1. The summed E-state index contributed by atoms with van der Waals surface area (Å²) in [6, 6.07) is 7.45. The minimum absolute atomic E-state index is 0.0723. The molecule has 0 aliphatic carbocycles. The summed E-state index contributed by atoms with van der Waals surface area (Å²) in [5.74, 6) is 0.883. The lowest BCUT2D eigenvalue weighted by molar-refractivity contribution is 0.557. The van der Waals surface area contributed by atoms with Crippen molar-refractivity contribution in [3.63, 3.8) is 0 Å². The molecule has 0 amide bonds. The second-order valence-corrected chi connectivity index (χ2v) is 13.3. The van der Waals surface area contributed by atoms with Crippen molar-refractivity contribution in [3.8, 4) is 11.4 Å². The molecule has 0 saturated heterocycles. The average Bonchev–Trinajstić information content (AvgIpc) is 3.34. The molecular formula is C27H41ClN4O2S. The van der Waals surface area contributed by atoms with Crippen molar-refractivity contribution in [2.75, 3.05) is 5.75 Å². The Kier molecular flexibility index (Phi) is 9.82. The number of sulfone groups is 1. The summed E-state index contributed by atoms with van der Waals surface area (Å²) in [5, 5.41) is 8.31. The number of hydrogen-bond acceptors (Lipinski definition) is 4. The number of nitrogens with one attached hydrogen (secondary N) is 1. The number of hydrogen-bond donors (Lipinski definition) is 1. The van der Waals surface area contributed by atoms with E-state index in [0.29, 0.717) is 16.5 Å². The monoisotopic (exact) mass is 520 g/mol. The maximum absolute atomic E-state index is 12.6. The highest BCUT2D eigenvalue weighted by Crippen LogP contribution is 2.31. The van der Waals surface area contributed by atoms with E-state index < -0.39 is 9.84 Å². The maximum atomic E-state index is 12.6. The van der Waals surface area contributed by atoms with Crippen LogP contribution in [0.4, 0.5) is 0 Å². The standard InChI is InChI=1S/C27H41ClN4O2S/c1-5-6-7-8-9-10-11-12-13-14-19-35(33,34)20-21-15-17-22(18-16-21)25-29-26-23(28)24(27(2,3)4)30-32(26)31-25/h15-18,30H,5-14,19-20H2,1-4H3. The van der Waals surface area contributed by atoms with Gasteiger partial charge >= 0.3 is 0 Å². The van der Waals surface area contributed by atoms with Crippen LogP contribution in [0.2, 0.25) is 5.02 Å². The van der Waals surface area contributed by atoms with Crippen molar-refractivity contribution in [2.45, 2.75) is 103 Å². The van der Waals surface area contributed by atoms with Crippen LogP contribution in [0.25, 0.3) is 17.0 Å². The van der Waals surface area contributed by atoms with Gasteiger partial charge in [-0.25, -0.2) is 13.4 Å². The third kappa shape index (κ3) is 8.07. The first-order valence-electron chi connectivity index (χ1n) is 13.0. The Labute approximate surface area is 215 Å². The molecule has 6 nitrogen and oxygen atoms in total. The number of benzene rings is 1. The number of unbranched alkanes of at least 4 members (excludes halogenated alkanes) is 9. The van der Waals surface area contributed by atoms with Gasteiger partial charge < -0.3 is 0 Å². The highest BCUT2D eigenvalue weighted by Gasteiger charge is 2.24. The van der Waals surface area contributed by atoms with Gasteiger partial charge in [0.25, 0.3) is 0 Å². The topological polar surface area (TPSA) is 80.1 Å². The average molecular weight is 521 g/mol. The van der Waals surface area contributed by atoms with Crippen LogP contribution in [0.1, 0.15) is 103 Å². The minimum atomic E-state index is -3.11. The molecule has 2 aromatic heterocycles. The lowest BCUT2D eigenvalue weighted by Crippen LogP contribution is -2.13. The lowest BCUT2D eigenvalue weighted by atomic mass is 9.92. The highest BCUT2D eigenvalue weighted by molar-refractivity contribution is 7.90. The van der Waals surface area contributed by atoms with Crippen molar-refractivity contribution in [3.05, 3.63) is 40.5 Å². The lowest BCUT2D eigenvalue weighted by Gasteiger charge is -2.16. The molecular weight excluding hydrogens is 480 g/mol. The summed E-state index contributed by atoms with van der Waals surface area (Å²) in [6.07, 6.45) is 12.0. The fourth-order valence-electron chi connectivity index (χ4n) is 4.30. The van der Waals surface area contributed by atoms with Gasteiger partial charge in [-0.3, -0.25) is 5.10 Å². The van der Waals surface area contributed by atoms with E-state index in [4.69, 9.17) is 11.6 Å². The molecule has 0 radical (unpaired) electrons. The molecule has 0 saturated carbocycles. The predicted octanol–water partition coefficient (Wildman–Crippen LogP) is 7.51. The Morgan fingerprint density at radius 3 is 2.03 bits per heavy atom. The van der Waals surface area contributed by atoms with E-state index in [1.54, 1.807) is 4.63 Å². The molecule has 35 heavy (non-hydrogen) atoms. The SMILES string of the molecule is CCCCCCCCCCCCS(=O)(=O)Cc1ccc(-c2nc3c(Cl)c(C(C)(C)C)[nH]n3n2)cc1. The van der Waals surface area contributed by atoms with E-state index in [1.807, 2.05) is 24.3 Å². The third-order valence-electron chi connectivity index (χ3n) is 6.40. The van der Waals surface area contributed by atoms with E-state index in [0.717, 1.165) is 36.1 Å². The molecule has 0 fully saturated rings. The number of nitrogens with zero attached hydrogens (tertiary/aromatic N) is 3. The molecule has 1 aromatic carbocycles. The fraction of sp³-hybridized carbons (Fsp3) is 0.630. The zero-order chi connectivity index (χ0) is 25.5. The van der Waals surface area contributed by atoms with Crippen molar-refractivity contribution < 1.29 is 8.42 Å². The largest absolute Gasteiger partial charge is 0.278 e. The molecule has 0 unspecified atom stereocenters. The quantitative estimate of drug-likeness (QED) is 0.223. The van der Waals surface area contributed by atoms with Gasteiger partial charge in [0.2, 0.25) is 0 Å². The Morgan fingerprint density at radius 1 is 0.914 bits per heavy atom. The number of rotatable bonds is 14. The maximum Gasteiger partial charge on any atom is 0.194 e. The Morgan fingerprint density at radius 2 is 1.49 bits per heavy atom. The first-order valence-corrected chi connectivity index (χ1v) is 15.2. The van der Waals surface area contributed by atoms with E-state index in [2.05, 4.69) is 42.9 Å². The molecule has 0 aliphatic heterocycles. The van der Waals surface area contributed by atoms with Crippen LogP contribution in [-0.2, 0) is 21.0 Å². The Hall–Kier alpha value is -1.86. The van der Waals surface area contributed by atoms with Gasteiger partial charge in [-0.1, -0.05) is 121 Å². The van der Waals surface area contributed by atoms with E-state index in [-0.39, 0.29) is 16.9 Å². The second kappa shape index (κ2) is 12.4. The third-order valence-corrected chi connectivity index (χ3v) is 8.44. The molecule has 3 rings (SSSR count). The summed E-state index contributed by atoms with van der Waals surface area (Å²) in [4.78, 5) is 4.58. The number of H-pyrrole nitrogens is 1. The van der Waals surface area contributed by atoms with E-state index in [1.165, 1.54) is 44.9 Å². The highest BCUT2D eigenvalue weighted by atomic mass is 35.5. The van der Waals surface area contributed by atoms with E-state index >= 15 is 0 Å². The normalized spacial score (nSPS) is 12.6. The number of aromatic nitrogens is 4. The van der Waals surface area contributed by atoms with Gasteiger partial charge in [0.15, 0.2) is 21.3 Å². The van der Waals surface area contributed by atoms with Crippen molar-refractivity contribution >= 4 is 27.1 Å². The minimum Gasteiger partial charge on any atom is -0.278 e. The Bertz CT molecular complexity index is 1170. The van der Waals surface area contributed by atoms with Crippen molar-refractivity contribution in [2.24, 2.45) is 0 Å². The predicted molar refractivity (Wildman–Crippen MR) is 146 cm³/mol. The van der Waals surface area contributed by atoms with Gasteiger partial charge in [-0.05, 0) is 12.0 Å². The van der Waals surface area contributed by atoms with Crippen LogP contribution in [0.15, 0.2) is 24.3 Å². The van der Waals surface area contributed by atoms with Gasteiger partial charge in [0.05, 0.1) is 17.2 Å². The molecule has 0 atom stereocenters.